The van der Waals surface area contributed by atoms with Crippen LogP contribution in [0.4, 0.5) is 0 Å². The van der Waals surface area contributed by atoms with Crippen molar-refractivity contribution in [1.82, 2.24) is 0 Å². The number of aliphatic hydroxyl groups is 1. The topological polar surface area (TPSA) is 29.5 Å². The number of ether oxygens (including phenoxy) is 1. The molecule has 1 rings (SSSR count). The quantitative estimate of drug-likeness (QED) is 0.903. The molecule has 0 fully saturated rings. The summed E-state index contributed by atoms with van der Waals surface area (Å²) in [5, 5.41) is 10.2. The number of aliphatic hydroxyl groups excluding tert-OH is 1. The summed E-state index contributed by atoms with van der Waals surface area (Å²) >= 11 is 17.2. The van der Waals surface area contributed by atoms with Gasteiger partial charge in [0.05, 0.1) is 11.6 Å². The fourth-order valence-corrected chi connectivity index (χ4v) is 1.69. The van der Waals surface area contributed by atoms with E-state index in [9.17, 15) is 0 Å². The summed E-state index contributed by atoms with van der Waals surface area (Å²) in [5.74, 6) is 0.380. The maximum Gasteiger partial charge on any atom is 0.144 e. The lowest BCUT2D eigenvalue weighted by molar-refractivity contribution is 0.269. The molecule has 82 valence electrons. The van der Waals surface area contributed by atoms with Gasteiger partial charge in [-0.05, 0) is 12.1 Å². The molecular weight excluding hydrogens is 258 g/mol. The van der Waals surface area contributed by atoms with E-state index < -0.39 is 0 Å². The van der Waals surface area contributed by atoms with Crippen molar-refractivity contribution in [1.29, 1.82) is 0 Å². The lowest BCUT2D eigenvalue weighted by atomic mass is 10.2. The van der Waals surface area contributed by atoms with Crippen LogP contribution < -0.4 is 4.74 Å². The molecule has 0 saturated heterocycles. The third kappa shape index (κ3) is 3.58. The minimum atomic E-state index is -0.204. The predicted molar refractivity (Wildman–Crippen MR) is 62.9 cm³/mol. The van der Waals surface area contributed by atoms with E-state index in [0.29, 0.717) is 26.4 Å². The molecule has 0 aliphatic rings. The van der Waals surface area contributed by atoms with Crippen molar-refractivity contribution in [2.75, 3.05) is 6.61 Å². The van der Waals surface area contributed by atoms with E-state index in [1.54, 1.807) is 6.07 Å². The maximum absolute atomic E-state index is 9.08. The van der Waals surface area contributed by atoms with Crippen molar-refractivity contribution in [3.8, 4) is 5.75 Å². The van der Waals surface area contributed by atoms with Gasteiger partial charge in [0, 0.05) is 15.6 Å². The molecular formula is C10H9Cl3O2. The van der Waals surface area contributed by atoms with E-state index in [1.807, 2.05) is 0 Å². The molecule has 1 N–H and O–H groups in total. The van der Waals surface area contributed by atoms with Crippen LogP contribution in [0.25, 0.3) is 0 Å². The third-order valence-electron chi connectivity index (χ3n) is 1.63. The molecule has 0 aromatic heterocycles. The molecule has 0 bridgehead atoms. The van der Waals surface area contributed by atoms with Crippen molar-refractivity contribution in [2.24, 2.45) is 0 Å². The number of benzene rings is 1. The van der Waals surface area contributed by atoms with Gasteiger partial charge < -0.3 is 9.84 Å². The standard InChI is InChI=1S/C10H9Cl3O2/c1-6(11)5-15-10-7(4-14)2-8(12)3-9(10)13/h2-3,14H,1,4-5H2. The highest BCUT2D eigenvalue weighted by Crippen LogP contribution is 2.32. The molecule has 1 aromatic carbocycles. The van der Waals surface area contributed by atoms with Crippen molar-refractivity contribution < 1.29 is 9.84 Å². The lowest BCUT2D eigenvalue weighted by Gasteiger charge is -2.11. The van der Waals surface area contributed by atoms with Crippen molar-refractivity contribution in [3.63, 3.8) is 0 Å². The number of hydrogen-bond acceptors (Lipinski definition) is 2. The molecule has 0 atom stereocenters. The van der Waals surface area contributed by atoms with Crippen molar-refractivity contribution in [2.45, 2.75) is 6.61 Å². The Kier molecular flexibility index (Phi) is 4.74. The lowest BCUT2D eigenvalue weighted by Crippen LogP contribution is -2.00. The van der Waals surface area contributed by atoms with Gasteiger partial charge in [-0.2, -0.15) is 0 Å². The summed E-state index contributed by atoms with van der Waals surface area (Å²) in [6.07, 6.45) is 0. The van der Waals surface area contributed by atoms with Crippen molar-refractivity contribution in [3.05, 3.63) is 39.4 Å². The zero-order chi connectivity index (χ0) is 11.4. The van der Waals surface area contributed by atoms with Gasteiger partial charge in [0.2, 0.25) is 0 Å². The molecule has 0 amide bonds. The summed E-state index contributed by atoms with van der Waals surface area (Å²) in [6, 6.07) is 3.12. The summed E-state index contributed by atoms with van der Waals surface area (Å²) in [5.41, 5.74) is 0.519. The molecule has 0 unspecified atom stereocenters. The Morgan fingerprint density at radius 3 is 2.60 bits per heavy atom. The van der Waals surface area contributed by atoms with Gasteiger partial charge in [-0.25, -0.2) is 0 Å². The van der Waals surface area contributed by atoms with Gasteiger partial charge in [0.1, 0.15) is 12.4 Å². The van der Waals surface area contributed by atoms with E-state index >= 15 is 0 Å². The number of halogens is 3. The first-order chi connectivity index (χ1) is 7.04. The molecule has 0 heterocycles. The van der Waals surface area contributed by atoms with Gasteiger partial charge in [-0.15, -0.1) is 0 Å². The normalized spacial score (nSPS) is 10.1. The minimum Gasteiger partial charge on any atom is -0.486 e. The predicted octanol–water partition coefficient (Wildman–Crippen LogP) is 3.62. The minimum absolute atomic E-state index is 0.135. The Morgan fingerprint density at radius 2 is 2.07 bits per heavy atom. The van der Waals surface area contributed by atoms with Crippen LogP contribution in [0.2, 0.25) is 10.0 Å². The Balaban J connectivity index is 2.98. The van der Waals surface area contributed by atoms with Crippen LogP contribution in [0, 0.1) is 0 Å². The molecule has 0 saturated carbocycles. The van der Waals surface area contributed by atoms with Gasteiger partial charge >= 0.3 is 0 Å². The van der Waals surface area contributed by atoms with E-state index in [0.717, 1.165) is 0 Å². The van der Waals surface area contributed by atoms with E-state index in [4.69, 9.17) is 44.6 Å². The molecule has 1 aromatic rings. The fraction of sp³-hybridized carbons (Fsp3) is 0.200. The van der Waals surface area contributed by atoms with Crippen LogP contribution in [0.15, 0.2) is 23.7 Å². The monoisotopic (exact) mass is 266 g/mol. The van der Waals surface area contributed by atoms with E-state index in [-0.39, 0.29) is 13.2 Å². The summed E-state index contributed by atoms with van der Waals surface area (Å²) < 4.78 is 5.29. The van der Waals surface area contributed by atoms with Crippen LogP contribution in [0.1, 0.15) is 5.56 Å². The second-order valence-electron chi connectivity index (χ2n) is 2.84. The maximum atomic E-state index is 9.08. The van der Waals surface area contributed by atoms with E-state index in [1.165, 1.54) is 6.07 Å². The second kappa shape index (κ2) is 5.61. The molecule has 0 radical (unpaired) electrons. The first-order valence-corrected chi connectivity index (χ1v) is 5.23. The average Bonchev–Trinajstić information content (AvgIpc) is 2.14. The highest BCUT2D eigenvalue weighted by molar-refractivity contribution is 6.35. The van der Waals surface area contributed by atoms with Gasteiger partial charge in [0.25, 0.3) is 0 Å². The molecule has 0 spiro atoms. The van der Waals surface area contributed by atoms with Gasteiger partial charge in [-0.3, -0.25) is 0 Å². The second-order valence-corrected chi connectivity index (χ2v) is 4.22. The Bertz CT molecular complexity index is 377. The number of rotatable bonds is 4. The summed E-state index contributed by atoms with van der Waals surface area (Å²) in [6.45, 7) is 3.41. The SMILES string of the molecule is C=C(Cl)COc1c(Cl)cc(Cl)cc1CO. The van der Waals surface area contributed by atoms with Crippen LogP contribution in [0.3, 0.4) is 0 Å². The zero-order valence-electron chi connectivity index (χ0n) is 7.77. The highest BCUT2D eigenvalue weighted by atomic mass is 35.5. The molecule has 2 nitrogen and oxygen atoms in total. The smallest absolute Gasteiger partial charge is 0.144 e. The molecule has 5 heteroatoms. The Hall–Kier alpha value is -0.410. The molecule has 15 heavy (non-hydrogen) atoms. The van der Waals surface area contributed by atoms with Crippen LogP contribution >= 0.6 is 34.8 Å². The molecule has 0 aliphatic carbocycles. The van der Waals surface area contributed by atoms with Gasteiger partial charge in [0.15, 0.2) is 0 Å². The molecule has 0 aliphatic heterocycles. The largest absolute Gasteiger partial charge is 0.486 e. The fourth-order valence-electron chi connectivity index (χ4n) is 1.04. The van der Waals surface area contributed by atoms with Crippen LogP contribution in [-0.2, 0) is 6.61 Å². The summed E-state index contributed by atoms with van der Waals surface area (Å²) in [4.78, 5) is 0. The zero-order valence-corrected chi connectivity index (χ0v) is 10.0. The van der Waals surface area contributed by atoms with Crippen molar-refractivity contribution >= 4 is 34.8 Å². The summed E-state index contributed by atoms with van der Waals surface area (Å²) in [7, 11) is 0. The first-order valence-electron chi connectivity index (χ1n) is 4.09. The van der Waals surface area contributed by atoms with Crippen LogP contribution in [0.5, 0.6) is 5.75 Å². The Morgan fingerprint density at radius 1 is 1.40 bits per heavy atom. The van der Waals surface area contributed by atoms with Gasteiger partial charge in [-0.1, -0.05) is 41.4 Å². The van der Waals surface area contributed by atoms with E-state index in [2.05, 4.69) is 6.58 Å². The Labute approximate surface area is 103 Å². The average molecular weight is 268 g/mol. The first kappa shape index (κ1) is 12.7. The highest BCUT2D eigenvalue weighted by Gasteiger charge is 2.10. The third-order valence-corrected chi connectivity index (χ3v) is 2.24. The van der Waals surface area contributed by atoms with Crippen LogP contribution in [-0.4, -0.2) is 11.7 Å². The number of hydrogen-bond donors (Lipinski definition) is 1.